The number of hydrogen-bond donors (Lipinski definition) is 2. The molecular formula is C13H12ClNO3. The van der Waals surface area contributed by atoms with E-state index in [2.05, 4.69) is 4.98 Å². The summed E-state index contributed by atoms with van der Waals surface area (Å²) in [6, 6.07) is 6.23. The van der Waals surface area contributed by atoms with Crippen LogP contribution in [0.4, 0.5) is 0 Å². The largest absolute Gasteiger partial charge is 0.481 e. The standard InChI is InChI=1S/C13H12ClNO3/c1-2-8(13(17)18)11-6-12(16)9-4-3-7(14)5-10(9)15-11/h3-6,8H,2H2,1H3,(H,15,16)(H,17,18). The number of benzene rings is 1. The third-order valence-electron chi connectivity index (χ3n) is 2.89. The Bertz CT molecular complexity index is 663. The first-order chi connectivity index (χ1) is 8.52. The lowest BCUT2D eigenvalue weighted by atomic mass is 10.0. The molecule has 0 amide bonds. The molecule has 0 saturated carbocycles. The molecule has 18 heavy (non-hydrogen) atoms. The number of hydrogen-bond acceptors (Lipinski definition) is 2. The number of carbonyl (C=O) groups is 1. The first-order valence-corrected chi connectivity index (χ1v) is 5.96. The van der Waals surface area contributed by atoms with Gasteiger partial charge in [-0.3, -0.25) is 9.59 Å². The van der Waals surface area contributed by atoms with Gasteiger partial charge in [0.1, 0.15) is 0 Å². The van der Waals surface area contributed by atoms with E-state index in [1.807, 2.05) is 0 Å². The monoisotopic (exact) mass is 265 g/mol. The van der Waals surface area contributed by atoms with Crippen LogP contribution in [0.2, 0.25) is 5.02 Å². The fraction of sp³-hybridized carbons (Fsp3) is 0.231. The molecule has 0 aliphatic rings. The van der Waals surface area contributed by atoms with Crippen molar-refractivity contribution >= 4 is 28.5 Å². The zero-order chi connectivity index (χ0) is 13.3. The number of aromatic nitrogens is 1. The van der Waals surface area contributed by atoms with Crippen molar-refractivity contribution in [1.29, 1.82) is 0 Å². The number of nitrogens with one attached hydrogen (secondary N) is 1. The van der Waals surface area contributed by atoms with Crippen molar-refractivity contribution in [3.05, 3.63) is 45.2 Å². The molecule has 1 atom stereocenters. The molecule has 4 nitrogen and oxygen atoms in total. The van der Waals surface area contributed by atoms with Crippen molar-refractivity contribution in [3.63, 3.8) is 0 Å². The molecule has 1 unspecified atom stereocenters. The van der Waals surface area contributed by atoms with Gasteiger partial charge in [0.15, 0.2) is 5.43 Å². The zero-order valence-corrected chi connectivity index (χ0v) is 10.5. The predicted molar refractivity (Wildman–Crippen MR) is 70.2 cm³/mol. The van der Waals surface area contributed by atoms with Crippen LogP contribution in [0.3, 0.4) is 0 Å². The van der Waals surface area contributed by atoms with Gasteiger partial charge in [-0.15, -0.1) is 0 Å². The molecule has 94 valence electrons. The van der Waals surface area contributed by atoms with Crippen LogP contribution in [-0.4, -0.2) is 16.1 Å². The minimum atomic E-state index is -0.950. The minimum Gasteiger partial charge on any atom is -0.481 e. The van der Waals surface area contributed by atoms with E-state index in [1.165, 1.54) is 6.07 Å². The first kappa shape index (κ1) is 12.6. The Morgan fingerprint density at radius 3 is 2.78 bits per heavy atom. The molecule has 0 aliphatic carbocycles. The molecule has 1 heterocycles. The van der Waals surface area contributed by atoms with Crippen LogP contribution in [0.5, 0.6) is 0 Å². The molecule has 0 aliphatic heterocycles. The van der Waals surface area contributed by atoms with Crippen molar-refractivity contribution in [2.24, 2.45) is 0 Å². The second-order valence-corrected chi connectivity index (χ2v) is 4.51. The van der Waals surface area contributed by atoms with E-state index >= 15 is 0 Å². The molecule has 0 fully saturated rings. The number of halogens is 1. The van der Waals surface area contributed by atoms with Gasteiger partial charge in [-0.1, -0.05) is 18.5 Å². The second kappa shape index (κ2) is 4.82. The summed E-state index contributed by atoms with van der Waals surface area (Å²) in [5.41, 5.74) is 0.768. The average Bonchev–Trinajstić information content (AvgIpc) is 2.28. The lowest BCUT2D eigenvalue weighted by Crippen LogP contribution is -2.15. The number of pyridine rings is 1. The molecule has 0 saturated heterocycles. The predicted octanol–water partition coefficient (Wildman–Crippen LogP) is 2.76. The van der Waals surface area contributed by atoms with Crippen LogP contribution in [0, 0.1) is 0 Å². The van der Waals surface area contributed by atoms with E-state index in [-0.39, 0.29) is 5.43 Å². The van der Waals surface area contributed by atoms with Gasteiger partial charge in [0, 0.05) is 22.2 Å². The highest BCUT2D eigenvalue weighted by Gasteiger charge is 2.19. The van der Waals surface area contributed by atoms with E-state index in [9.17, 15) is 9.59 Å². The van der Waals surface area contributed by atoms with Gasteiger partial charge in [0.2, 0.25) is 0 Å². The molecule has 0 spiro atoms. The fourth-order valence-electron chi connectivity index (χ4n) is 1.96. The summed E-state index contributed by atoms with van der Waals surface area (Å²) < 4.78 is 0. The number of fused-ring (bicyclic) bond motifs is 1. The van der Waals surface area contributed by atoms with Gasteiger partial charge in [-0.05, 0) is 24.6 Å². The first-order valence-electron chi connectivity index (χ1n) is 5.58. The molecule has 2 N–H and O–H groups in total. The topological polar surface area (TPSA) is 70.2 Å². The minimum absolute atomic E-state index is 0.199. The number of aromatic amines is 1. The van der Waals surface area contributed by atoms with Gasteiger partial charge in [-0.25, -0.2) is 0 Å². The molecule has 1 aromatic carbocycles. The quantitative estimate of drug-likeness (QED) is 0.896. The number of carboxylic acid groups (broad SMARTS) is 1. The lowest BCUT2D eigenvalue weighted by molar-refractivity contribution is -0.138. The molecular weight excluding hydrogens is 254 g/mol. The second-order valence-electron chi connectivity index (χ2n) is 4.08. The van der Waals surface area contributed by atoms with E-state index < -0.39 is 11.9 Å². The van der Waals surface area contributed by atoms with Crippen LogP contribution < -0.4 is 5.43 Å². The highest BCUT2D eigenvalue weighted by Crippen LogP contribution is 2.20. The number of H-pyrrole nitrogens is 1. The molecule has 0 bridgehead atoms. The van der Waals surface area contributed by atoms with E-state index in [0.29, 0.717) is 28.0 Å². The van der Waals surface area contributed by atoms with Crippen LogP contribution in [0.15, 0.2) is 29.1 Å². The maximum atomic E-state index is 11.9. The van der Waals surface area contributed by atoms with E-state index in [1.54, 1.807) is 25.1 Å². The van der Waals surface area contributed by atoms with Crippen molar-refractivity contribution in [1.82, 2.24) is 4.98 Å². The van der Waals surface area contributed by atoms with Gasteiger partial charge in [-0.2, -0.15) is 0 Å². The summed E-state index contributed by atoms with van der Waals surface area (Å²) >= 11 is 5.86. The number of rotatable bonds is 3. The smallest absolute Gasteiger partial charge is 0.312 e. The maximum Gasteiger partial charge on any atom is 0.312 e. The summed E-state index contributed by atoms with van der Waals surface area (Å²) in [6.07, 6.45) is 0.414. The van der Waals surface area contributed by atoms with Gasteiger partial charge in [0.25, 0.3) is 0 Å². The Kier molecular flexibility index (Phi) is 3.39. The third kappa shape index (κ3) is 2.24. The summed E-state index contributed by atoms with van der Waals surface area (Å²) in [4.78, 5) is 26.0. The van der Waals surface area contributed by atoms with Crippen LogP contribution in [-0.2, 0) is 4.79 Å². The Morgan fingerprint density at radius 2 is 2.17 bits per heavy atom. The SMILES string of the molecule is CCC(C(=O)O)c1cc(=O)c2ccc(Cl)cc2[nH]1. The Hall–Kier alpha value is -1.81. The Balaban J connectivity index is 2.67. The van der Waals surface area contributed by atoms with E-state index in [0.717, 1.165) is 0 Å². The molecule has 2 rings (SSSR count). The summed E-state index contributed by atoms with van der Waals surface area (Å²) in [5, 5.41) is 10.1. The lowest BCUT2D eigenvalue weighted by Gasteiger charge is -2.11. The molecule has 1 aromatic heterocycles. The molecule has 2 aromatic rings. The van der Waals surface area contributed by atoms with E-state index in [4.69, 9.17) is 16.7 Å². The Labute approximate surface area is 108 Å². The summed E-state index contributed by atoms with van der Waals surface area (Å²) in [6.45, 7) is 1.76. The average molecular weight is 266 g/mol. The van der Waals surface area contributed by atoms with Gasteiger partial charge >= 0.3 is 5.97 Å². The van der Waals surface area contributed by atoms with Crippen LogP contribution in [0.25, 0.3) is 10.9 Å². The summed E-state index contributed by atoms with van der Waals surface area (Å²) in [5.74, 6) is -1.66. The molecule has 5 heteroatoms. The van der Waals surface area contributed by atoms with Gasteiger partial charge < -0.3 is 10.1 Å². The summed E-state index contributed by atoms with van der Waals surface area (Å²) in [7, 11) is 0. The number of carboxylic acids is 1. The number of aliphatic carboxylic acids is 1. The van der Waals surface area contributed by atoms with Crippen molar-refractivity contribution in [2.45, 2.75) is 19.3 Å². The van der Waals surface area contributed by atoms with Crippen molar-refractivity contribution in [3.8, 4) is 0 Å². The highest BCUT2D eigenvalue weighted by atomic mass is 35.5. The maximum absolute atomic E-state index is 11.9. The highest BCUT2D eigenvalue weighted by molar-refractivity contribution is 6.31. The van der Waals surface area contributed by atoms with Crippen LogP contribution >= 0.6 is 11.6 Å². The fourth-order valence-corrected chi connectivity index (χ4v) is 2.13. The van der Waals surface area contributed by atoms with Gasteiger partial charge in [0.05, 0.1) is 11.4 Å². The van der Waals surface area contributed by atoms with Crippen molar-refractivity contribution < 1.29 is 9.90 Å². The van der Waals surface area contributed by atoms with Crippen LogP contribution in [0.1, 0.15) is 25.0 Å². The normalized spacial score (nSPS) is 12.6. The van der Waals surface area contributed by atoms with Crippen molar-refractivity contribution in [2.75, 3.05) is 0 Å². The Morgan fingerprint density at radius 1 is 1.44 bits per heavy atom. The zero-order valence-electron chi connectivity index (χ0n) is 9.74. The molecule has 0 radical (unpaired) electrons. The third-order valence-corrected chi connectivity index (χ3v) is 3.13.